The molecule has 0 aliphatic rings. The molecule has 0 bridgehead atoms. The Morgan fingerprint density at radius 2 is 1.56 bits per heavy atom. The van der Waals surface area contributed by atoms with Crippen molar-refractivity contribution < 1.29 is 14.3 Å². The number of rotatable bonds is 9. The Balaban J connectivity index is 1.83. The number of ether oxygens (including phenoxy) is 2. The summed E-state index contributed by atoms with van der Waals surface area (Å²) in [4.78, 5) is 14.3. The highest BCUT2D eigenvalue weighted by Crippen LogP contribution is 2.27. The summed E-state index contributed by atoms with van der Waals surface area (Å²) in [6, 6.07) is 13.6. The van der Waals surface area contributed by atoms with Crippen molar-refractivity contribution in [3.05, 3.63) is 59.2 Å². The SMILES string of the molecule is CCN(C)Cc1cccc(CNC(=O)NCc2ccc(OC)c(OC)c2)c1. The molecule has 2 aromatic rings. The first-order valence-corrected chi connectivity index (χ1v) is 9.04. The molecule has 2 N–H and O–H groups in total. The summed E-state index contributed by atoms with van der Waals surface area (Å²) in [6.07, 6.45) is 0. The summed E-state index contributed by atoms with van der Waals surface area (Å²) in [5.74, 6) is 1.31. The molecule has 27 heavy (non-hydrogen) atoms. The Morgan fingerprint density at radius 1 is 0.926 bits per heavy atom. The molecular formula is C21H29N3O3. The zero-order chi connectivity index (χ0) is 19.6. The van der Waals surface area contributed by atoms with Crippen LogP contribution in [0.3, 0.4) is 0 Å². The maximum atomic E-state index is 12.1. The third kappa shape index (κ3) is 6.49. The van der Waals surface area contributed by atoms with Gasteiger partial charge in [0.05, 0.1) is 14.2 Å². The number of methoxy groups -OCH3 is 2. The summed E-state index contributed by atoms with van der Waals surface area (Å²) < 4.78 is 10.5. The van der Waals surface area contributed by atoms with E-state index in [9.17, 15) is 4.79 Å². The normalized spacial score (nSPS) is 10.6. The van der Waals surface area contributed by atoms with E-state index >= 15 is 0 Å². The van der Waals surface area contributed by atoms with Gasteiger partial charge >= 0.3 is 6.03 Å². The fourth-order valence-electron chi connectivity index (χ4n) is 2.68. The minimum absolute atomic E-state index is 0.208. The molecule has 0 radical (unpaired) electrons. The molecule has 0 spiro atoms. The van der Waals surface area contributed by atoms with E-state index in [1.54, 1.807) is 14.2 Å². The molecule has 2 rings (SSSR count). The van der Waals surface area contributed by atoms with Crippen molar-refractivity contribution in [1.29, 1.82) is 0 Å². The van der Waals surface area contributed by atoms with Crippen LogP contribution in [0.15, 0.2) is 42.5 Å². The fraction of sp³-hybridized carbons (Fsp3) is 0.381. The van der Waals surface area contributed by atoms with E-state index in [-0.39, 0.29) is 6.03 Å². The van der Waals surface area contributed by atoms with Crippen LogP contribution in [0.5, 0.6) is 11.5 Å². The number of benzene rings is 2. The van der Waals surface area contributed by atoms with E-state index in [0.717, 1.165) is 24.2 Å². The highest BCUT2D eigenvalue weighted by molar-refractivity contribution is 5.73. The monoisotopic (exact) mass is 371 g/mol. The summed E-state index contributed by atoms with van der Waals surface area (Å²) >= 11 is 0. The van der Waals surface area contributed by atoms with E-state index in [1.807, 2.05) is 30.3 Å². The number of amides is 2. The molecule has 6 nitrogen and oxygen atoms in total. The van der Waals surface area contributed by atoms with Crippen LogP contribution >= 0.6 is 0 Å². The average molecular weight is 371 g/mol. The van der Waals surface area contributed by atoms with Gasteiger partial charge in [-0.2, -0.15) is 0 Å². The first kappa shape index (κ1) is 20.6. The lowest BCUT2D eigenvalue weighted by Gasteiger charge is -2.15. The number of urea groups is 1. The van der Waals surface area contributed by atoms with E-state index < -0.39 is 0 Å². The zero-order valence-corrected chi connectivity index (χ0v) is 16.5. The number of hydrogen-bond acceptors (Lipinski definition) is 4. The van der Waals surface area contributed by atoms with Crippen LogP contribution in [-0.4, -0.2) is 38.7 Å². The van der Waals surface area contributed by atoms with Crippen LogP contribution < -0.4 is 20.1 Å². The molecular weight excluding hydrogens is 342 g/mol. The standard InChI is InChI=1S/C21H29N3O3/c1-5-24(2)15-18-8-6-7-16(11-18)13-22-21(25)23-14-17-9-10-19(26-3)20(12-17)27-4/h6-12H,5,13-15H2,1-4H3,(H2,22,23,25). The Kier molecular flexibility index (Phi) is 7.95. The Morgan fingerprint density at radius 3 is 2.19 bits per heavy atom. The Hall–Kier alpha value is -2.73. The molecule has 0 aliphatic carbocycles. The van der Waals surface area contributed by atoms with E-state index in [2.05, 4.69) is 41.6 Å². The summed E-state index contributed by atoms with van der Waals surface area (Å²) in [7, 11) is 5.28. The molecule has 146 valence electrons. The second-order valence-corrected chi connectivity index (χ2v) is 6.38. The maximum Gasteiger partial charge on any atom is 0.315 e. The summed E-state index contributed by atoms with van der Waals surface area (Å²) in [6.45, 7) is 4.93. The number of carbonyl (C=O) groups excluding carboxylic acids is 1. The van der Waals surface area contributed by atoms with Crippen molar-refractivity contribution in [2.45, 2.75) is 26.6 Å². The first-order valence-electron chi connectivity index (χ1n) is 9.04. The van der Waals surface area contributed by atoms with Gasteiger partial charge in [-0.1, -0.05) is 37.3 Å². The maximum absolute atomic E-state index is 12.1. The van der Waals surface area contributed by atoms with Gasteiger partial charge in [-0.05, 0) is 42.4 Å². The lowest BCUT2D eigenvalue weighted by atomic mass is 10.1. The van der Waals surface area contributed by atoms with Gasteiger partial charge < -0.3 is 25.0 Å². The van der Waals surface area contributed by atoms with E-state index in [1.165, 1.54) is 5.56 Å². The molecule has 0 atom stereocenters. The van der Waals surface area contributed by atoms with Crippen molar-refractivity contribution in [1.82, 2.24) is 15.5 Å². The van der Waals surface area contributed by atoms with E-state index in [4.69, 9.17) is 9.47 Å². The molecule has 2 aromatic carbocycles. The van der Waals surface area contributed by atoms with Crippen molar-refractivity contribution in [3.63, 3.8) is 0 Å². The predicted molar refractivity (Wildman–Crippen MR) is 107 cm³/mol. The van der Waals surface area contributed by atoms with Gasteiger partial charge in [0.2, 0.25) is 0 Å². The van der Waals surface area contributed by atoms with Gasteiger partial charge in [0.15, 0.2) is 11.5 Å². The largest absolute Gasteiger partial charge is 0.493 e. The quantitative estimate of drug-likeness (QED) is 0.711. The van der Waals surface area contributed by atoms with Crippen LogP contribution in [-0.2, 0) is 19.6 Å². The van der Waals surface area contributed by atoms with Crippen molar-refractivity contribution in [2.24, 2.45) is 0 Å². The Labute approximate surface area is 161 Å². The van der Waals surface area contributed by atoms with Crippen LogP contribution in [0.4, 0.5) is 4.79 Å². The molecule has 2 amide bonds. The molecule has 0 heterocycles. The zero-order valence-electron chi connectivity index (χ0n) is 16.5. The van der Waals surface area contributed by atoms with Crippen LogP contribution in [0.1, 0.15) is 23.6 Å². The third-order valence-corrected chi connectivity index (χ3v) is 4.34. The van der Waals surface area contributed by atoms with Gasteiger partial charge in [0.1, 0.15) is 0 Å². The highest BCUT2D eigenvalue weighted by atomic mass is 16.5. The van der Waals surface area contributed by atoms with Crippen molar-refractivity contribution >= 4 is 6.03 Å². The molecule has 6 heteroatoms. The smallest absolute Gasteiger partial charge is 0.315 e. The van der Waals surface area contributed by atoms with Gasteiger partial charge in [0, 0.05) is 19.6 Å². The lowest BCUT2D eigenvalue weighted by Crippen LogP contribution is -2.34. The van der Waals surface area contributed by atoms with Crippen LogP contribution in [0, 0.1) is 0 Å². The van der Waals surface area contributed by atoms with Crippen molar-refractivity contribution in [3.8, 4) is 11.5 Å². The Bertz CT molecular complexity index is 749. The average Bonchev–Trinajstić information content (AvgIpc) is 2.70. The third-order valence-electron chi connectivity index (χ3n) is 4.34. The van der Waals surface area contributed by atoms with Crippen molar-refractivity contribution in [2.75, 3.05) is 27.8 Å². The number of nitrogens with zero attached hydrogens (tertiary/aromatic N) is 1. The second-order valence-electron chi connectivity index (χ2n) is 6.38. The number of hydrogen-bond donors (Lipinski definition) is 2. The topological polar surface area (TPSA) is 62.8 Å². The minimum Gasteiger partial charge on any atom is -0.493 e. The molecule has 0 saturated heterocycles. The molecule has 0 aliphatic heterocycles. The second kappa shape index (κ2) is 10.4. The van der Waals surface area contributed by atoms with Crippen LogP contribution in [0.2, 0.25) is 0 Å². The summed E-state index contributed by atoms with van der Waals surface area (Å²) in [5, 5.41) is 5.75. The lowest BCUT2D eigenvalue weighted by molar-refractivity contribution is 0.240. The van der Waals surface area contributed by atoms with E-state index in [0.29, 0.717) is 24.6 Å². The fourth-order valence-corrected chi connectivity index (χ4v) is 2.68. The van der Waals surface area contributed by atoms with Gasteiger partial charge in [-0.3, -0.25) is 0 Å². The molecule has 0 saturated carbocycles. The predicted octanol–water partition coefficient (Wildman–Crippen LogP) is 3.15. The van der Waals surface area contributed by atoms with Crippen LogP contribution in [0.25, 0.3) is 0 Å². The number of carbonyl (C=O) groups is 1. The molecule has 0 fully saturated rings. The minimum atomic E-state index is -0.208. The van der Waals surface area contributed by atoms with Gasteiger partial charge in [-0.25, -0.2) is 4.79 Å². The molecule has 0 aromatic heterocycles. The highest BCUT2D eigenvalue weighted by Gasteiger charge is 2.06. The number of nitrogens with one attached hydrogen (secondary N) is 2. The first-order chi connectivity index (χ1) is 13.0. The summed E-state index contributed by atoms with van der Waals surface area (Å²) in [5.41, 5.74) is 3.26. The molecule has 0 unspecified atom stereocenters. The van der Waals surface area contributed by atoms with Gasteiger partial charge in [0.25, 0.3) is 0 Å². The van der Waals surface area contributed by atoms with Gasteiger partial charge in [-0.15, -0.1) is 0 Å².